The Morgan fingerprint density at radius 3 is 2.53 bits per heavy atom. The maximum Gasteiger partial charge on any atom is 0.326 e. The van der Waals surface area contributed by atoms with E-state index in [2.05, 4.69) is 0 Å². The molecule has 15 heavy (non-hydrogen) atoms. The molecule has 84 valence electrons. The molecule has 0 bridgehead atoms. The van der Waals surface area contributed by atoms with Crippen LogP contribution in [0.4, 0.5) is 0 Å². The van der Waals surface area contributed by atoms with Gasteiger partial charge in [-0.3, -0.25) is 4.79 Å². The van der Waals surface area contributed by atoms with E-state index in [9.17, 15) is 9.59 Å². The van der Waals surface area contributed by atoms with Gasteiger partial charge in [-0.1, -0.05) is 6.92 Å². The minimum Gasteiger partial charge on any atom is -0.480 e. The van der Waals surface area contributed by atoms with Crippen molar-refractivity contribution in [3.8, 4) is 0 Å². The molecule has 2 unspecified atom stereocenters. The van der Waals surface area contributed by atoms with Crippen molar-refractivity contribution < 1.29 is 14.7 Å². The van der Waals surface area contributed by atoms with Crippen molar-refractivity contribution in [2.75, 3.05) is 6.54 Å². The number of rotatable bonds is 2. The first-order valence-corrected chi connectivity index (χ1v) is 5.64. The van der Waals surface area contributed by atoms with E-state index < -0.39 is 12.0 Å². The van der Waals surface area contributed by atoms with Crippen LogP contribution in [0.3, 0.4) is 0 Å². The van der Waals surface area contributed by atoms with E-state index in [1.54, 1.807) is 4.90 Å². The largest absolute Gasteiger partial charge is 0.480 e. The minimum atomic E-state index is -0.851. The van der Waals surface area contributed by atoms with Crippen molar-refractivity contribution in [2.24, 2.45) is 11.8 Å². The predicted octanol–water partition coefficient (Wildman–Crippen LogP) is 1.11. The quantitative estimate of drug-likeness (QED) is 0.744. The number of piperidine rings is 1. The Bertz CT molecular complexity index is 290. The number of carboxylic acids is 1. The van der Waals surface area contributed by atoms with Gasteiger partial charge < -0.3 is 10.0 Å². The molecule has 0 aromatic carbocycles. The highest BCUT2D eigenvalue weighted by Gasteiger charge is 2.44. The first kappa shape index (κ1) is 10.5. The fourth-order valence-electron chi connectivity index (χ4n) is 2.33. The molecule has 1 amide bonds. The van der Waals surface area contributed by atoms with E-state index in [0.717, 1.165) is 19.3 Å². The van der Waals surface area contributed by atoms with Crippen molar-refractivity contribution in [2.45, 2.75) is 38.6 Å². The standard InChI is InChI=1S/C11H17NO3/c1-7-6-8(7)10(13)12-5-3-2-4-9(12)11(14)15/h7-9H,2-6H2,1H3,(H,14,15)/t7?,8?,9-/m0/s1. The Kier molecular flexibility index (Phi) is 2.67. The van der Waals surface area contributed by atoms with Gasteiger partial charge >= 0.3 is 5.97 Å². The zero-order valence-electron chi connectivity index (χ0n) is 8.98. The van der Waals surface area contributed by atoms with Crippen molar-refractivity contribution in [3.63, 3.8) is 0 Å². The second-order valence-corrected chi connectivity index (χ2v) is 4.70. The molecule has 0 radical (unpaired) electrons. The number of hydrogen-bond donors (Lipinski definition) is 1. The number of carbonyl (C=O) groups excluding carboxylic acids is 1. The monoisotopic (exact) mass is 211 g/mol. The van der Waals surface area contributed by atoms with E-state index >= 15 is 0 Å². The fourth-order valence-corrected chi connectivity index (χ4v) is 2.33. The van der Waals surface area contributed by atoms with Crippen molar-refractivity contribution in [1.82, 2.24) is 4.90 Å². The molecule has 1 saturated carbocycles. The molecule has 2 aliphatic rings. The Morgan fingerprint density at radius 2 is 2.00 bits per heavy atom. The first-order valence-electron chi connectivity index (χ1n) is 5.64. The fraction of sp³-hybridized carbons (Fsp3) is 0.818. The van der Waals surface area contributed by atoms with Gasteiger partial charge in [0, 0.05) is 12.5 Å². The van der Waals surface area contributed by atoms with Gasteiger partial charge in [0.15, 0.2) is 0 Å². The van der Waals surface area contributed by atoms with E-state index in [4.69, 9.17) is 5.11 Å². The van der Waals surface area contributed by atoms with Gasteiger partial charge in [-0.05, 0) is 31.6 Å². The molecule has 4 heteroatoms. The van der Waals surface area contributed by atoms with Crippen LogP contribution < -0.4 is 0 Å². The molecule has 0 aromatic heterocycles. The summed E-state index contributed by atoms with van der Waals surface area (Å²) in [5.41, 5.74) is 0. The van der Waals surface area contributed by atoms with Crippen molar-refractivity contribution in [3.05, 3.63) is 0 Å². The highest BCUT2D eigenvalue weighted by Crippen LogP contribution is 2.40. The molecule has 3 atom stereocenters. The molecule has 1 heterocycles. The lowest BCUT2D eigenvalue weighted by Crippen LogP contribution is -2.48. The Morgan fingerprint density at radius 1 is 1.33 bits per heavy atom. The third-order valence-electron chi connectivity index (χ3n) is 3.50. The maximum atomic E-state index is 11.9. The highest BCUT2D eigenvalue weighted by atomic mass is 16.4. The number of carbonyl (C=O) groups is 2. The minimum absolute atomic E-state index is 0.0644. The lowest BCUT2D eigenvalue weighted by Gasteiger charge is -2.33. The summed E-state index contributed by atoms with van der Waals surface area (Å²) in [6.45, 7) is 2.67. The van der Waals surface area contributed by atoms with Crippen LogP contribution in [0.25, 0.3) is 0 Å². The average Bonchev–Trinajstić information content (AvgIpc) is 2.94. The molecule has 1 saturated heterocycles. The van der Waals surface area contributed by atoms with Gasteiger partial charge in [0.25, 0.3) is 0 Å². The second kappa shape index (κ2) is 3.83. The Hall–Kier alpha value is -1.06. The summed E-state index contributed by atoms with van der Waals surface area (Å²) in [5.74, 6) is -0.232. The van der Waals surface area contributed by atoms with Crippen LogP contribution in [-0.4, -0.2) is 34.5 Å². The van der Waals surface area contributed by atoms with Gasteiger partial charge in [-0.15, -0.1) is 0 Å². The van der Waals surface area contributed by atoms with Crippen LogP contribution in [0.1, 0.15) is 32.6 Å². The molecular weight excluding hydrogens is 194 g/mol. The molecule has 1 aliphatic carbocycles. The van der Waals surface area contributed by atoms with E-state index in [0.29, 0.717) is 18.9 Å². The molecule has 2 fully saturated rings. The van der Waals surface area contributed by atoms with E-state index in [1.165, 1.54) is 0 Å². The van der Waals surface area contributed by atoms with Gasteiger partial charge in [0.05, 0.1) is 0 Å². The normalized spacial score (nSPS) is 35.0. The van der Waals surface area contributed by atoms with Crippen LogP contribution in [0.15, 0.2) is 0 Å². The third-order valence-corrected chi connectivity index (χ3v) is 3.50. The average molecular weight is 211 g/mol. The number of amides is 1. The molecular formula is C11H17NO3. The number of hydrogen-bond acceptors (Lipinski definition) is 2. The number of carboxylic acid groups (broad SMARTS) is 1. The lowest BCUT2D eigenvalue weighted by atomic mass is 10.0. The van der Waals surface area contributed by atoms with Crippen LogP contribution in [-0.2, 0) is 9.59 Å². The highest BCUT2D eigenvalue weighted by molar-refractivity contribution is 5.87. The van der Waals surface area contributed by atoms with Gasteiger partial charge in [-0.2, -0.15) is 0 Å². The van der Waals surface area contributed by atoms with Crippen LogP contribution in [0.5, 0.6) is 0 Å². The summed E-state index contributed by atoms with van der Waals surface area (Å²) in [7, 11) is 0. The first-order chi connectivity index (χ1) is 7.11. The molecule has 0 spiro atoms. The maximum absolute atomic E-state index is 11.9. The van der Waals surface area contributed by atoms with Crippen molar-refractivity contribution >= 4 is 11.9 Å². The topological polar surface area (TPSA) is 57.6 Å². The molecule has 1 N–H and O–H groups in total. The van der Waals surface area contributed by atoms with E-state index in [-0.39, 0.29) is 11.8 Å². The zero-order valence-corrected chi connectivity index (χ0v) is 8.98. The molecule has 0 aromatic rings. The summed E-state index contributed by atoms with van der Waals surface area (Å²) in [4.78, 5) is 24.5. The van der Waals surface area contributed by atoms with Crippen LogP contribution in [0.2, 0.25) is 0 Å². The SMILES string of the molecule is CC1CC1C(=O)N1CCCC[C@H]1C(=O)O. The number of likely N-dealkylation sites (tertiary alicyclic amines) is 1. The molecule has 2 rings (SSSR count). The predicted molar refractivity (Wildman–Crippen MR) is 54.3 cm³/mol. The van der Waals surface area contributed by atoms with E-state index in [1.807, 2.05) is 6.92 Å². The van der Waals surface area contributed by atoms with Crippen molar-refractivity contribution in [1.29, 1.82) is 0 Å². The Balaban J connectivity index is 2.04. The van der Waals surface area contributed by atoms with Crippen LogP contribution in [0, 0.1) is 11.8 Å². The molecule has 1 aliphatic heterocycles. The third kappa shape index (κ3) is 1.98. The lowest BCUT2D eigenvalue weighted by molar-refractivity contribution is -0.152. The molecule has 4 nitrogen and oxygen atoms in total. The van der Waals surface area contributed by atoms with Gasteiger partial charge in [0.2, 0.25) is 5.91 Å². The summed E-state index contributed by atoms with van der Waals surface area (Å²) in [6.07, 6.45) is 3.40. The van der Waals surface area contributed by atoms with Gasteiger partial charge in [0.1, 0.15) is 6.04 Å². The number of nitrogens with zero attached hydrogens (tertiary/aromatic N) is 1. The summed E-state index contributed by atoms with van der Waals surface area (Å²) >= 11 is 0. The second-order valence-electron chi connectivity index (χ2n) is 4.70. The van der Waals surface area contributed by atoms with Crippen LogP contribution >= 0.6 is 0 Å². The zero-order chi connectivity index (χ0) is 11.0. The summed E-state index contributed by atoms with van der Waals surface area (Å²) in [5, 5.41) is 9.03. The summed E-state index contributed by atoms with van der Waals surface area (Å²) in [6, 6.07) is -0.570. The Labute approximate surface area is 89.3 Å². The smallest absolute Gasteiger partial charge is 0.326 e. The summed E-state index contributed by atoms with van der Waals surface area (Å²) < 4.78 is 0. The number of aliphatic carboxylic acids is 1. The van der Waals surface area contributed by atoms with Gasteiger partial charge in [-0.25, -0.2) is 4.79 Å².